The molecule has 1 fully saturated rings. The first-order chi connectivity index (χ1) is 15.5. The summed E-state index contributed by atoms with van der Waals surface area (Å²) in [5.41, 5.74) is 1.98. The zero-order chi connectivity index (χ0) is 22.3. The first kappa shape index (κ1) is 20.0. The van der Waals surface area contributed by atoms with Gasteiger partial charge in [-0.2, -0.15) is 0 Å². The zero-order valence-electron chi connectivity index (χ0n) is 17.6. The fraction of sp³-hybridized carbons (Fsp3) is 0.192. The molecule has 2 aliphatic rings. The number of anilines is 2. The van der Waals surface area contributed by atoms with Gasteiger partial charge in [-0.15, -0.1) is 0 Å². The minimum Gasteiger partial charge on any atom is -0.446 e. The maximum atomic E-state index is 13.7. The summed E-state index contributed by atoms with van der Waals surface area (Å²) in [4.78, 5) is 42.4. The standard InChI is InChI=1S/C26H22N2O4/c1-26(16-23(29)28-22(17-32-25(28)31)18-10-4-2-5-11-18)20-14-8-9-15-21(20)27(24(26)30)19-12-6-3-7-13-19/h2-15,22H,16-17H2,1H3/t22-,26-/m1/s1. The number of hydrogen-bond donors (Lipinski definition) is 0. The molecule has 2 atom stereocenters. The van der Waals surface area contributed by atoms with Crippen LogP contribution < -0.4 is 4.90 Å². The minimum absolute atomic E-state index is 0.103. The average molecular weight is 426 g/mol. The third-order valence-electron chi connectivity index (χ3n) is 6.26. The van der Waals surface area contributed by atoms with Crippen LogP contribution in [0.3, 0.4) is 0 Å². The summed E-state index contributed by atoms with van der Waals surface area (Å²) < 4.78 is 5.21. The van der Waals surface area contributed by atoms with E-state index in [1.54, 1.807) is 11.8 Å². The smallest absolute Gasteiger partial charge is 0.417 e. The topological polar surface area (TPSA) is 66.9 Å². The zero-order valence-corrected chi connectivity index (χ0v) is 17.6. The van der Waals surface area contributed by atoms with Crippen molar-refractivity contribution in [1.29, 1.82) is 0 Å². The molecular formula is C26H22N2O4. The molecule has 0 aliphatic carbocycles. The van der Waals surface area contributed by atoms with Gasteiger partial charge in [0.2, 0.25) is 11.8 Å². The van der Waals surface area contributed by atoms with Crippen molar-refractivity contribution in [2.45, 2.75) is 24.8 Å². The third-order valence-corrected chi connectivity index (χ3v) is 6.26. The number of carbonyl (C=O) groups excluding carboxylic acids is 3. The van der Waals surface area contributed by atoms with Crippen LogP contribution >= 0.6 is 0 Å². The predicted octanol–water partition coefficient (Wildman–Crippen LogP) is 4.73. The van der Waals surface area contributed by atoms with E-state index in [0.29, 0.717) is 0 Å². The van der Waals surface area contributed by atoms with Gasteiger partial charge >= 0.3 is 6.09 Å². The van der Waals surface area contributed by atoms with Gasteiger partial charge in [0.15, 0.2) is 0 Å². The quantitative estimate of drug-likeness (QED) is 0.605. The molecule has 0 saturated carbocycles. The second kappa shape index (κ2) is 7.64. The lowest BCUT2D eigenvalue weighted by atomic mass is 9.80. The first-order valence-corrected chi connectivity index (χ1v) is 10.5. The van der Waals surface area contributed by atoms with Crippen molar-refractivity contribution >= 4 is 29.3 Å². The molecule has 1 saturated heterocycles. The molecule has 0 radical (unpaired) electrons. The number of ether oxygens (including phenoxy) is 1. The number of benzene rings is 3. The maximum Gasteiger partial charge on any atom is 0.417 e. The Labute approximate surface area is 186 Å². The molecule has 2 heterocycles. The molecule has 3 aromatic rings. The van der Waals surface area contributed by atoms with E-state index >= 15 is 0 Å². The molecule has 0 aromatic heterocycles. The van der Waals surface area contributed by atoms with Crippen molar-refractivity contribution in [3.63, 3.8) is 0 Å². The first-order valence-electron chi connectivity index (χ1n) is 10.5. The lowest BCUT2D eigenvalue weighted by Gasteiger charge is -2.27. The predicted molar refractivity (Wildman–Crippen MR) is 119 cm³/mol. The second-order valence-corrected chi connectivity index (χ2v) is 8.27. The number of rotatable bonds is 4. The van der Waals surface area contributed by atoms with Crippen LogP contribution in [0.5, 0.6) is 0 Å². The van der Waals surface area contributed by atoms with Crippen LogP contribution in [0.1, 0.15) is 30.5 Å². The molecule has 6 heteroatoms. The van der Waals surface area contributed by atoms with Crippen LogP contribution in [-0.4, -0.2) is 29.4 Å². The molecule has 160 valence electrons. The van der Waals surface area contributed by atoms with Crippen molar-refractivity contribution in [1.82, 2.24) is 4.90 Å². The largest absolute Gasteiger partial charge is 0.446 e. The van der Waals surface area contributed by atoms with Gasteiger partial charge in [0.05, 0.1) is 11.1 Å². The van der Waals surface area contributed by atoms with Crippen molar-refractivity contribution in [2.24, 2.45) is 0 Å². The molecule has 0 N–H and O–H groups in total. The van der Waals surface area contributed by atoms with Gasteiger partial charge in [0, 0.05) is 12.1 Å². The highest BCUT2D eigenvalue weighted by Gasteiger charge is 2.51. The number of cyclic esters (lactones) is 1. The highest BCUT2D eigenvalue weighted by atomic mass is 16.6. The van der Waals surface area contributed by atoms with Gasteiger partial charge in [0.25, 0.3) is 0 Å². The molecule has 2 aliphatic heterocycles. The van der Waals surface area contributed by atoms with Crippen LogP contribution in [0, 0.1) is 0 Å². The van der Waals surface area contributed by atoms with E-state index in [1.807, 2.05) is 84.9 Å². The second-order valence-electron chi connectivity index (χ2n) is 8.27. The summed E-state index contributed by atoms with van der Waals surface area (Å²) in [5.74, 6) is -0.621. The van der Waals surface area contributed by atoms with Crippen molar-refractivity contribution in [3.05, 3.63) is 96.1 Å². The Balaban J connectivity index is 1.50. The molecule has 6 nitrogen and oxygen atoms in total. The van der Waals surface area contributed by atoms with Crippen molar-refractivity contribution in [2.75, 3.05) is 11.5 Å². The number of imide groups is 1. The van der Waals surface area contributed by atoms with Crippen LogP contribution in [0.15, 0.2) is 84.9 Å². The van der Waals surface area contributed by atoms with E-state index in [9.17, 15) is 14.4 Å². The number of amides is 3. The van der Waals surface area contributed by atoms with Gasteiger partial charge < -0.3 is 4.74 Å². The molecule has 3 amide bonds. The lowest BCUT2D eigenvalue weighted by Crippen LogP contribution is -2.43. The van der Waals surface area contributed by atoms with Crippen LogP contribution in [0.4, 0.5) is 16.2 Å². The highest BCUT2D eigenvalue weighted by molar-refractivity contribution is 6.14. The molecular weight excluding hydrogens is 404 g/mol. The molecule has 0 bridgehead atoms. The number of fused-ring (bicyclic) bond motifs is 1. The highest BCUT2D eigenvalue weighted by Crippen LogP contribution is 2.47. The van der Waals surface area contributed by atoms with Gasteiger partial charge in [-0.25, -0.2) is 9.69 Å². The Bertz CT molecular complexity index is 1190. The van der Waals surface area contributed by atoms with Crippen LogP contribution in [0.2, 0.25) is 0 Å². The monoisotopic (exact) mass is 426 g/mol. The normalized spacial score (nSPS) is 22.1. The van der Waals surface area contributed by atoms with E-state index in [1.165, 1.54) is 0 Å². The minimum atomic E-state index is -1.10. The van der Waals surface area contributed by atoms with Gasteiger partial charge in [0.1, 0.15) is 12.6 Å². The molecule has 0 spiro atoms. The summed E-state index contributed by atoms with van der Waals surface area (Å²) >= 11 is 0. The van der Waals surface area contributed by atoms with Gasteiger partial charge in [-0.1, -0.05) is 66.7 Å². The van der Waals surface area contributed by atoms with Crippen molar-refractivity contribution in [3.8, 4) is 0 Å². The Morgan fingerprint density at radius 2 is 1.56 bits per heavy atom. The Morgan fingerprint density at radius 3 is 2.28 bits per heavy atom. The summed E-state index contributed by atoms with van der Waals surface area (Å²) in [7, 11) is 0. The van der Waals surface area contributed by atoms with E-state index in [-0.39, 0.29) is 18.9 Å². The SMILES string of the molecule is C[C@]1(CC(=O)N2C(=O)OC[C@@H]2c2ccccc2)C(=O)N(c2ccccc2)c2ccccc21. The molecule has 32 heavy (non-hydrogen) atoms. The molecule has 0 unspecified atom stereocenters. The Hall–Kier alpha value is -3.93. The molecule has 5 rings (SSSR count). The van der Waals surface area contributed by atoms with E-state index in [2.05, 4.69) is 0 Å². The Kier molecular flexibility index (Phi) is 4.78. The Morgan fingerprint density at radius 1 is 0.938 bits per heavy atom. The van der Waals surface area contributed by atoms with Crippen LogP contribution in [-0.2, 0) is 19.7 Å². The fourth-order valence-corrected chi connectivity index (χ4v) is 4.62. The maximum absolute atomic E-state index is 13.7. The third kappa shape index (κ3) is 3.07. The van der Waals surface area contributed by atoms with Gasteiger partial charge in [-0.3, -0.25) is 14.5 Å². The number of para-hydroxylation sites is 2. The average Bonchev–Trinajstić information content (AvgIpc) is 3.31. The van der Waals surface area contributed by atoms with Gasteiger partial charge in [-0.05, 0) is 36.2 Å². The summed E-state index contributed by atoms with van der Waals surface area (Å²) in [6.07, 6.45) is -0.809. The summed E-state index contributed by atoms with van der Waals surface area (Å²) in [6, 6.07) is 25.7. The number of carbonyl (C=O) groups is 3. The van der Waals surface area contributed by atoms with Crippen LogP contribution in [0.25, 0.3) is 0 Å². The fourth-order valence-electron chi connectivity index (χ4n) is 4.62. The van der Waals surface area contributed by atoms with E-state index in [0.717, 1.165) is 27.4 Å². The number of nitrogens with zero attached hydrogens (tertiary/aromatic N) is 2. The summed E-state index contributed by atoms with van der Waals surface area (Å²) in [6.45, 7) is 1.87. The van der Waals surface area contributed by atoms with E-state index in [4.69, 9.17) is 4.74 Å². The summed E-state index contributed by atoms with van der Waals surface area (Å²) in [5, 5.41) is 0. The number of hydrogen-bond acceptors (Lipinski definition) is 4. The lowest BCUT2D eigenvalue weighted by molar-refractivity contribution is -0.134. The van der Waals surface area contributed by atoms with Crippen molar-refractivity contribution < 1.29 is 19.1 Å². The molecule has 3 aromatic carbocycles. The van der Waals surface area contributed by atoms with E-state index < -0.39 is 23.5 Å².